The van der Waals surface area contributed by atoms with Gasteiger partial charge in [0.1, 0.15) is 0 Å². The Labute approximate surface area is 182 Å². The molecule has 6 heteroatoms. The molecule has 0 spiro atoms. The van der Waals surface area contributed by atoms with Gasteiger partial charge in [-0.2, -0.15) is 0 Å². The van der Waals surface area contributed by atoms with Crippen molar-refractivity contribution < 1.29 is 19.1 Å². The largest absolute Gasteiger partial charge is 0.466 e. The number of ketones is 1. The minimum Gasteiger partial charge on any atom is -0.466 e. The second-order valence-electron chi connectivity index (χ2n) is 7.89. The van der Waals surface area contributed by atoms with Crippen molar-refractivity contribution in [2.75, 3.05) is 19.7 Å². The molecule has 2 aromatic rings. The summed E-state index contributed by atoms with van der Waals surface area (Å²) in [5, 5.41) is 1.74. The lowest BCUT2D eigenvalue weighted by Crippen LogP contribution is -2.47. The van der Waals surface area contributed by atoms with E-state index >= 15 is 0 Å². The average molecular weight is 428 g/mol. The number of carbonyl (C=O) groups is 3. The van der Waals surface area contributed by atoms with Gasteiger partial charge in [-0.05, 0) is 57.6 Å². The third-order valence-corrected chi connectivity index (χ3v) is 6.90. The molecule has 0 unspecified atom stereocenters. The van der Waals surface area contributed by atoms with Crippen molar-refractivity contribution in [2.24, 2.45) is 5.41 Å². The maximum absolute atomic E-state index is 12.8. The number of nitrogens with zero attached hydrogens (tertiary/aromatic N) is 1. The predicted octanol–water partition coefficient (Wildman–Crippen LogP) is 4.76. The Morgan fingerprint density at radius 3 is 2.43 bits per heavy atom. The zero-order valence-corrected chi connectivity index (χ0v) is 18.5. The summed E-state index contributed by atoms with van der Waals surface area (Å²) in [7, 11) is 0. The topological polar surface area (TPSA) is 63.7 Å². The van der Waals surface area contributed by atoms with Gasteiger partial charge in [-0.15, -0.1) is 11.3 Å². The summed E-state index contributed by atoms with van der Waals surface area (Å²) in [5.74, 6) is -0.238. The summed E-state index contributed by atoms with van der Waals surface area (Å²) in [6.45, 7) is 4.74. The van der Waals surface area contributed by atoms with Crippen LogP contribution in [0.1, 0.15) is 65.1 Å². The van der Waals surface area contributed by atoms with E-state index < -0.39 is 5.41 Å². The zero-order valence-electron chi connectivity index (χ0n) is 17.7. The van der Waals surface area contributed by atoms with Gasteiger partial charge in [-0.3, -0.25) is 14.4 Å². The number of carbonyl (C=O) groups excluding carboxylic acids is 3. The third-order valence-electron chi connectivity index (χ3n) is 5.87. The Morgan fingerprint density at radius 2 is 1.83 bits per heavy atom. The van der Waals surface area contributed by atoms with Crippen LogP contribution in [0.4, 0.5) is 0 Å². The minimum absolute atomic E-state index is 0.0301. The monoisotopic (exact) mass is 427 g/mol. The van der Waals surface area contributed by atoms with Crippen molar-refractivity contribution in [2.45, 2.75) is 46.0 Å². The van der Waals surface area contributed by atoms with Gasteiger partial charge < -0.3 is 9.64 Å². The minimum atomic E-state index is -0.527. The first-order valence-electron chi connectivity index (χ1n) is 10.5. The maximum atomic E-state index is 12.8. The molecule has 1 aliphatic heterocycles. The van der Waals surface area contributed by atoms with Crippen LogP contribution in [0.2, 0.25) is 0 Å². The Balaban J connectivity index is 1.63. The number of Topliss-reactive ketones (excluding diaryl/α,β-unsaturated/α-hetero) is 1. The van der Waals surface area contributed by atoms with Gasteiger partial charge in [0.15, 0.2) is 5.78 Å². The van der Waals surface area contributed by atoms with E-state index in [4.69, 9.17) is 4.74 Å². The Kier molecular flexibility index (Phi) is 7.43. The predicted molar refractivity (Wildman–Crippen MR) is 118 cm³/mol. The highest BCUT2D eigenvalue weighted by Crippen LogP contribution is 2.38. The number of rotatable bonds is 8. The summed E-state index contributed by atoms with van der Waals surface area (Å²) in [4.78, 5) is 39.6. The highest BCUT2D eigenvalue weighted by Gasteiger charge is 2.43. The Bertz CT molecular complexity index is 882. The molecule has 0 radical (unpaired) electrons. The van der Waals surface area contributed by atoms with E-state index in [0.717, 1.165) is 19.3 Å². The van der Waals surface area contributed by atoms with Crippen molar-refractivity contribution in [1.82, 2.24) is 4.90 Å². The fourth-order valence-electron chi connectivity index (χ4n) is 4.07. The lowest BCUT2D eigenvalue weighted by Gasteiger charge is -2.40. The van der Waals surface area contributed by atoms with E-state index in [1.54, 1.807) is 16.3 Å². The van der Waals surface area contributed by atoms with Gasteiger partial charge >= 0.3 is 5.97 Å². The molecule has 0 aliphatic carbocycles. The first kappa shape index (κ1) is 22.2. The maximum Gasteiger partial charge on any atom is 0.312 e. The lowest BCUT2D eigenvalue weighted by atomic mass is 9.74. The molecule has 1 aromatic heterocycles. The molecule has 2 heterocycles. The number of piperidine rings is 1. The van der Waals surface area contributed by atoms with Crippen LogP contribution in [0.3, 0.4) is 0 Å². The molecule has 1 amide bonds. The Morgan fingerprint density at radius 1 is 1.13 bits per heavy atom. The van der Waals surface area contributed by atoms with Crippen LogP contribution in [0, 0.1) is 5.41 Å². The molecule has 1 saturated heterocycles. The quantitative estimate of drug-likeness (QED) is 0.450. The molecular weight excluding hydrogens is 398 g/mol. The van der Waals surface area contributed by atoms with Gasteiger partial charge in [0, 0.05) is 18.5 Å². The molecule has 0 saturated carbocycles. The zero-order chi connectivity index (χ0) is 21.6. The summed E-state index contributed by atoms with van der Waals surface area (Å²) in [6.07, 6.45) is 3.80. The van der Waals surface area contributed by atoms with Crippen molar-refractivity contribution in [3.05, 3.63) is 57.8 Å². The molecule has 1 aliphatic rings. The summed E-state index contributed by atoms with van der Waals surface area (Å²) in [6, 6.07) is 11.9. The van der Waals surface area contributed by atoms with Crippen LogP contribution in [0.15, 0.2) is 41.8 Å². The molecule has 0 atom stereocenters. The molecular formula is C24H29NO4S. The fraction of sp³-hybridized carbons (Fsp3) is 0.458. The first-order chi connectivity index (χ1) is 14.4. The average Bonchev–Trinajstić information content (AvgIpc) is 3.25. The van der Waals surface area contributed by atoms with Crippen molar-refractivity contribution in [3.8, 4) is 0 Å². The first-order valence-corrected chi connectivity index (χ1v) is 11.4. The SMILES string of the molecule is CCOC(=O)C1(CCCc2ccccc2)CCN(C(=O)c2csc(C(C)=O)c2)CC1. The van der Waals surface area contributed by atoms with Crippen molar-refractivity contribution >= 4 is 29.0 Å². The smallest absolute Gasteiger partial charge is 0.312 e. The number of thiophene rings is 1. The van der Waals surface area contributed by atoms with Crippen LogP contribution in [0.25, 0.3) is 0 Å². The summed E-state index contributed by atoms with van der Waals surface area (Å²) >= 11 is 1.30. The van der Waals surface area contributed by atoms with Crippen molar-refractivity contribution in [3.63, 3.8) is 0 Å². The second-order valence-corrected chi connectivity index (χ2v) is 8.80. The highest BCUT2D eigenvalue weighted by atomic mass is 32.1. The van der Waals surface area contributed by atoms with E-state index in [1.165, 1.54) is 23.8 Å². The molecule has 30 heavy (non-hydrogen) atoms. The van der Waals surface area contributed by atoms with Crippen LogP contribution in [-0.4, -0.2) is 42.3 Å². The normalized spacial score (nSPS) is 15.6. The molecule has 5 nitrogen and oxygen atoms in total. The summed E-state index contributed by atoms with van der Waals surface area (Å²) in [5.41, 5.74) is 1.29. The van der Waals surface area contributed by atoms with Gasteiger partial charge in [0.2, 0.25) is 0 Å². The van der Waals surface area contributed by atoms with Gasteiger partial charge in [0.05, 0.1) is 22.5 Å². The van der Waals surface area contributed by atoms with Gasteiger partial charge in [-0.25, -0.2) is 0 Å². The number of benzene rings is 1. The molecule has 1 fully saturated rings. The fourth-order valence-corrected chi connectivity index (χ4v) is 4.85. The van der Waals surface area contributed by atoms with E-state index in [0.29, 0.717) is 43.0 Å². The van der Waals surface area contributed by atoms with Gasteiger partial charge in [0.25, 0.3) is 5.91 Å². The highest BCUT2D eigenvalue weighted by molar-refractivity contribution is 7.12. The second kappa shape index (κ2) is 10.0. The number of aryl methyl sites for hydroxylation is 1. The molecule has 0 bridgehead atoms. The van der Waals surface area contributed by atoms with Crippen LogP contribution in [0.5, 0.6) is 0 Å². The Hall–Kier alpha value is -2.47. The molecule has 160 valence electrons. The van der Waals surface area contributed by atoms with E-state index in [9.17, 15) is 14.4 Å². The van der Waals surface area contributed by atoms with Crippen LogP contribution < -0.4 is 0 Å². The lowest BCUT2D eigenvalue weighted by molar-refractivity contribution is -0.159. The number of esters is 1. The molecule has 3 rings (SSSR count). The molecule has 0 N–H and O–H groups in total. The number of hydrogen-bond donors (Lipinski definition) is 0. The summed E-state index contributed by atoms with van der Waals surface area (Å²) < 4.78 is 5.42. The number of hydrogen-bond acceptors (Lipinski definition) is 5. The number of ether oxygens (including phenoxy) is 1. The number of amides is 1. The standard InChI is InChI=1S/C24H29NO4S/c1-3-29-23(28)24(11-7-10-19-8-5-4-6-9-19)12-14-25(15-13-24)22(27)20-16-21(18(2)26)30-17-20/h4-6,8-9,16-17H,3,7,10-15H2,1-2H3. The number of likely N-dealkylation sites (tertiary alicyclic amines) is 1. The van der Waals surface area contributed by atoms with Crippen LogP contribution in [-0.2, 0) is 16.0 Å². The molecule has 1 aromatic carbocycles. The van der Waals surface area contributed by atoms with Gasteiger partial charge in [-0.1, -0.05) is 30.3 Å². The van der Waals surface area contributed by atoms with E-state index in [2.05, 4.69) is 12.1 Å². The van der Waals surface area contributed by atoms with Crippen molar-refractivity contribution in [1.29, 1.82) is 0 Å². The van der Waals surface area contributed by atoms with E-state index in [-0.39, 0.29) is 17.7 Å². The third kappa shape index (κ3) is 5.17. The van der Waals surface area contributed by atoms with E-state index in [1.807, 2.05) is 25.1 Å². The van der Waals surface area contributed by atoms with Crippen LogP contribution >= 0.6 is 11.3 Å².